The Morgan fingerprint density at radius 3 is 2.79 bits per heavy atom. The molecule has 5 heteroatoms. The molecule has 0 saturated carbocycles. The highest BCUT2D eigenvalue weighted by Gasteiger charge is 2.26. The fraction of sp³-hybridized carbons (Fsp3) is 0.526. The Bertz CT molecular complexity index is 704. The van der Waals surface area contributed by atoms with Crippen LogP contribution in [-0.4, -0.2) is 39.5 Å². The summed E-state index contributed by atoms with van der Waals surface area (Å²) in [5.74, 6) is 2.06. The van der Waals surface area contributed by atoms with E-state index in [1.54, 1.807) is 0 Å². The first kappa shape index (κ1) is 15.9. The van der Waals surface area contributed by atoms with Crippen LogP contribution in [0.3, 0.4) is 0 Å². The van der Waals surface area contributed by atoms with Crippen molar-refractivity contribution in [2.75, 3.05) is 24.2 Å². The van der Waals surface area contributed by atoms with E-state index in [4.69, 9.17) is 9.97 Å². The fourth-order valence-electron chi connectivity index (χ4n) is 3.79. The summed E-state index contributed by atoms with van der Waals surface area (Å²) >= 11 is 2.00. The molecule has 4 rings (SSSR count). The number of anilines is 1. The number of hydrogen-bond donors (Lipinski definition) is 0. The average molecular weight is 340 g/mol. The summed E-state index contributed by atoms with van der Waals surface area (Å²) < 4.78 is 0. The monoisotopic (exact) mass is 340 g/mol. The van der Waals surface area contributed by atoms with E-state index in [-0.39, 0.29) is 0 Å². The third-order valence-electron chi connectivity index (χ3n) is 5.11. The molecular formula is C19H24N4S. The number of hydrogen-bond acceptors (Lipinski definition) is 5. The maximum Gasteiger partial charge on any atom is 0.161 e. The van der Waals surface area contributed by atoms with Gasteiger partial charge < -0.3 is 4.90 Å². The first-order valence-electron chi connectivity index (χ1n) is 8.93. The molecule has 0 amide bonds. The predicted octanol–water partition coefficient (Wildman–Crippen LogP) is 3.75. The Kier molecular flexibility index (Phi) is 4.69. The van der Waals surface area contributed by atoms with Gasteiger partial charge in [0.05, 0.1) is 0 Å². The van der Waals surface area contributed by atoms with Crippen molar-refractivity contribution < 1.29 is 0 Å². The highest BCUT2D eigenvalue weighted by Crippen LogP contribution is 2.33. The van der Waals surface area contributed by atoms with E-state index in [0.717, 1.165) is 37.3 Å². The maximum absolute atomic E-state index is 5.03. The van der Waals surface area contributed by atoms with E-state index >= 15 is 0 Å². The minimum atomic E-state index is 0.712. The van der Waals surface area contributed by atoms with Crippen LogP contribution in [0.25, 0.3) is 11.4 Å². The second kappa shape index (κ2) is 7.09. The molecule has 4 nitrogen and oxygen atoms in total. The molecule has 126 valence electrons. The smallest absolute Gasteiger partial charge is 0.161 e. The van der Waals surface area contributed by atoms with Crippen molar-refractivity contribution in [2.24, 2.45) is 0 Å². The third-order valence-corrected chi connectivity index (χ3v) is 6.16. The van der Waals surface area contributed by atoms with Crippen LogP contribution in [0.2, 0.25) is 0 Å². The Hall–Kier alpha value is -1.62. The van der Waals surface area contributed by atoms with Crippen molar-refractivity contribution in [1.29, 1.82) is 0 Å². The van der Waals surface area contributed by atoms with Crippen LogP contribution in [0.5, 0.6) is 0 Å². The quantitative estimate of drug-likeness (QED) is 0.851. The first-order valence-corrected chi connectivity index (χ1v) is 10.2. The second-order valence-corrected chi connectivity index (χ2v) is 7.82. The van der Waals surface area contributed by atoms with Crippen molar-refractivity contribution >= 4 is 17.6 Å². The minimum absolute atomic E-state index is 0.712. The molecule has 2 aromatic rings. The summed E-state index contributed by atoms with van der Waals surface area (Å²) in [6.45, 7) is 2.23. The average Bonchev–Trinajstić information content (AvgIpc) is 2.98. The molecule has 0 spiro atoms. The highest BCUT2D eigenvalue weighted by molar-refractivity contribution is 7.99. The summed E-state index contributed by atoms with van der Waals surface area (Å²) in [5, 5.41) is 0.712. The Morgan fingerprint density at radius 1 is 1.08 bits per heavy atom. The van der Waals surface area contributed by atoms with Gasteiger partial charge in [0, 0.05) is 47.6 Å². The van der Waals surface area contributed by atoms with Gasteiger partial charge >= 0.3 is 0 Å². The van der Waals surface area contributed by atoms with E-state index in [2.05, 4.69) is 16.1 Å². The zero-order chi connectivity index (χ0) is 16.4. The molecule has 1 aliphatic carbocycles. The molecule has 1 saturated heterocycles. The van der Waals surface area contributed by atoms with Gasteiger partial charge in [0.1, 0.15) is 5.82 Å². The molecule has 0 aromatic carbocycles. The van der Waals surface area contributed by atoms with Crippen molar-refractivity contribution in [1.82, 2.24) is 15.0 Å². The molecule has 1 unspecified atom stereocenters. The highest BCUT2D eigenvalue weighted by atomic mass is 32.2. The Labute approximate surface area is 148 Å². The molecule has 1 aliphatic heterocycles. The molecule has 2 aromatic heterocycles. The third kappa shape index (κ3) is 3.14. The van der Waals surface area contributed by atoms with Crippen LogP contribution < -0.4 is 4.90 Å². The van der Waals surface area contributed by atoms with Crippen LogP contribution in [0.15, 0.2) is 24.5 Å². The normalized spacial score (nSPS) is 20.7. The lowest BCUT2D eigenvalue weighted by molar-refractivity contribution is 0.736. The SMILES string of the molecule is CSC1CCCCN(c2nc(-c3ccncc3)nc3c2CCC3)C1. The molecular weight excluding hydrogens is 316 g/mol. The van der Waals surface area contributed by atoms with Crippen molar-refractivity contribution in [3.8, 4) is 11.4 Å². The zero-order valence-electron chi connectivity index (χ0n) is 14.2. The number of rotatable bonds is 3. The largest absolute Gasteiger partial charge is 0.355 e. The van der Waals surface area contributed by atoms with Gasteiger partial charge in [0.15, 0.2) is 5.82 Å². The van der Waals surface area contributed by atoms with Crippen LogP contribution in [0.4, 0.5) is 5.82 Å². The van der Waals surface area contributed by atoms with Gasteiger partial charge in [0.25, 0.3) is 0 Å². The van der Waals surface area contributed by atoms with Gasteiger partial charge in [-0.05, 0) is 50.5 Å². The molecule has 0 N–H and O–H groups in total. The predicted molar refractivity (Wildman–Crippen MR) is 101 cm³/mol. The summed E-state index contributed by atoms with van der Waals surface area (Å²) in [7, 11) is 0. The standard InChI is InChI=1S/C19H24N4S/c1-24-15-5-2-3-12-23(13-15)19-16-6-4-7-17(16)21-18(22-19)14-8-10-20-11-9-14/h8-11,15H,2-7,12-13H2,1H3. The van der Waals surface area contributed by atoms with Crippen molar-refractivity contribution in [3.05, 3.63) is 35.8 Å². The maximum atomic E-state index is 5.03. The summed E-state index contributed by atoms with van der Waals surface area (Å²) in [6.07, 6.45) is 13.2. The Balaban J connectivity index is 1.75. The van der Waals surface area contributed by atoms with Gasteiger partial charge in [0.2, 0.25) is 0 Å². The lowest BCUT2D eigenvalue weighted by Crippen LogP contribution is -2.31. The lowest BCUT2D eigenvalue weighted by Gasteiger charge is -2.27. The topological polar surface area (TPSA) is 41.9 Å². The molecule has 0 bridgehead atoms. The van der Waals surface area contributed by atoms with E-state index in [1.165, 1.54) is 42.8 Å². The molecule has 1 atom stereocenters. The number of nitrogens with zero attached hydrogens (tertiary/aromatic N) is 4. The van der Waals surface area contributed by atoms with Gasteiger partial charge in [-0.1, -0.05) is 6.42 Å². The number of aryl methyl sites for hydroxylation is 1. The molecule has 24 heavy (non-hydrogen) atoms. The molecule has 2 aliphatic rings. The zero-order valence-corrected chi connectivity index (χ0v) is 15.1. The van der Waals surface area contributed by atoms with Gasteiger partial charge in [-0.15, -0.1) is 0 Å². The van der Waals surface area contributed by atoms with Crippen LogP contribution in [0, 0.1) is 0 Å². The summed E-state index contributed by atoms with van der Waals surface area (Å²) in [5.41, 5.74) is 3.73. The van der Waals surface area contributed by atoms with E-state index < -0.39 is 0 Å². The van der Waals surface area contributed by atoms with E-state index in [9.17, 15) is 0 Å². The minimum Gasteiger partial charge on any atom is -0.355 e. The van der Waals surface area contributed by atoms with Crippen LogP contribution in [-0.2, 0) is 12.8 Å². The van der Waals surface area contributed by atoms with Gasteiger partial charge in [-0.2, -0.15) is 11.8 Å². The Morgan fingerprint density at radius 2 is 1.96 bits per heavy atom. The number of pyridine rings is 1. The first-order chi connectivity index (χ1) is 11.8. The van der Waals surface area contributed by atoms with E-state index in [0.29, 0.717) is 5.25 Å². The van der Waals surface area contributed by atoms with Crippen LogP contribution in [0.1, 0.15) is 36.9 Å². The van der Waals surface area contributed by atoms with Crippen molar-refractivity contribution in [3.63, 3.8) is 0 Å². The molecule has 1 fully saturated rings. The second-order valence-electron chi connectivity index (χ2n) is 6.69. The molecule has 3 heterocycles. The molecule has 0 radical (unpaired) electrons. The summed E-state index contributed by atoms with van der Waals surface area (Å²) in [4.78, 5) is 16.6. The number of aromatic nitrogens is 3. The van der Waals surface area contributed by atoms with E-state index in [1.807, 2.05) is 36.3 Å². The van der Waals surface area contributed by atoms with Crippen LogP contribution >= 0.6 is 11.8 Å². The lowest BCUT2D eigenvalue weighted by atomic mass is 10.2. The number of fused-ring (bicyclic) bond motifs is 1. The fourth-order valence-corrected chi connectivity index (χ4v) is 4.52. The van der Waals surface area contributed by atoms with Crippen molar-refractivity contribution in [2.45, 2.75) is 43.8 Å². The summed E-state index contributed by atoms with van der Waals surface area (Å²) in [6, 6.07) is 4.02. The van der Waals surface area contributed by atoms with Gasteiger partial charge in [-0.25, -0.2) is 9.97 Å². The number of thioether (sulfide) groups is 1. The van der Waals surface area contributed by atoms with Gasteiger partial charge in [-0.3, -0.25) is 4.98 Å².